The topological polar surface area (TPSA) is 67.7 Å². The van der Waals surface area contributed by atoms with E-state index in [1.165, 1.54) is 16.8 Å². The Balaban J connectivity index is 1.12. The summed E-state index contributed by atoms with van der Waals surface area (Å²) >= 11 is 1.65. The number of methoxy groups -OCH3 is 2. The first-order valence-electron chi connectivity index (χ1n) is 12.7. The molecule has 1 aliphatic heterocycles. The van der Waals surface area contributed by atoms with Crippen molar-refractivity contribution in [3.63, 3.8) is 0 Å². The molecule has 37 heavy (non-hydrogen) atoms. The van der Waals surface area contributed by atoms with Crippen molar-refractivity contribution in [3.05, 3.63) is 83.7 Å². The molecule has 9 heteroatoms. The summed E-state index contributed by atoms with van der Waals surface area (Å²) < 4.78 is 12.9. The standard InChI is InChI=1S/C28H34N6O2S/c1-35-25-11-10-22(19-26(25)36-2)12-13-29-20-24-9-6-14-34(24)28-31-30-27(37-28)33-17-15-32(16-18-33)21-23-7-4-3-5-8-23/h3-11,14,19,29H,12-13,15-18,20-21H2,1-2H3. The lowest BCUT2D eigenvalue weighted by molar-refractivity contribution is 0.249. The molecule has 8 nitrogen and oxygen atoms in total. The Morgan fingerprint density at radius 2 is 1.62 bits per heavy atom. The van der Waals surface area contributed by atoms with E-state index in [2.05, 4.69) is 84.6 Å². The maximum atomic E-state index is 5.42. The quantitative estimate of drug-likeness (QED) is 0.301. The summed E-state index contributed by atoms with van der Waals surface area (Å²) in [5.74, 6) is 1.51. The second-order valence-electron chi connectivity index (χ2n) is 9.10. The molecule has 1 saturated heterocycles. The molecule has 5 rings (SSSR count). The van der Waals surface area contributed by atoms with Crippen molar-refractivity contribution in [3.8, 4) is 16.6 Å². The minimum Gasteiger partial charge on any atom is -0.493 e. The number of nitrogens with zero attached hydrogens (tertiary/aromatic N) is 5. The fourth-order valence-electron chi connectivity index (χ4n) is 4.60. The van der Waals surface area contributed by atoms with Gasteiger partial charge in [-0.05, 0) is 48.4 Å². The summed E-state index contributed by atoms with van der Waals surface area (Å²) in [6, 6.07) is 20.9. The van der Waals surface area contributed by atoms with E-state index in [1.54, 1.807) is 25.6 Å². The van der Waals surface area contributed by atoms with Crippen LogP contribution in [0.5, 0.6) is 11.5 Å². The summed E-state index contributed by atoms with van der Waals surface area (Å²) in [5, 5.41) is 14.5. The molecule has 4 aromatic rings. The molecule has 0 saturated carbocycles. The number of hydrogen-bond donors (Lipinski definition) is 1. The van der Waals surface area contributed by atoms with Crippen LogP contribution in [-0.2, 0) is 19.5 Å². The van der Waals surface area contributed by atoms with Crippen LogP contribution in [0.25, 0.3) is 5.13 Å². The molecule has 0 bridgehead atoms. The number of hydrogen-bond acceptors (Lipinski definition) is 8. The average molecular weight is 519 g/mol. The van der Waals surface area contributed by atoms with E-state index in [9.17, 15) is 0 Å². The molecule has 0 atom stereocenters. The summed E-state index contributed by atoms with van der Waals surface area (Å²) in [6.45, 7) is 6.62. The molecule has 1 fully saturated rings. The summed E-state index contributed by atoms with van der Waals surface area (Å²) in [5.41, 5.74) is 3.74. The van der Waals surface area contributed by atoms with Gasteiger partial charge in [0.2, 0.25) is 10.3 Å². The third kappa shape index (κ3) is 6.30. The zero-order chi connectivity index (χ0) is 25.5. The smallest absolute Gasteiger partial charge is 0.218 e. The van der Waals surface area contributed by atoms with Crippen LogP contribution < -0.4 is 19.7 Å². The molecule has 0 amide bonds. The van der Waals surface area contributed by atoms with Crippen LogP contribution in [-0.4, -0.2) is 66.6 Å². The Bertz CT molecular complexity index is 1270. The number of anilines is 1. The molecule has 3 heterocycles. The van der Waals surface area contributed by atoms with Gasteiger partial charge >= 0.3 is 0 Å². The van der Waals surface area contributed by atoms with Crippen LogP contribution in [0, 0.1) is 0 Å². The lowest BCUT2D eigenvalue weighted by Gasteiger charge is -2.34. The highest BCUT2D eigenvalue weighted by molar-refractivity contribution is 7.17. The fourth-order valence-corrected chi connectivity index (χ4v) is 5.52. The zero-order valence-electron chi connectivity index (χ0n) is 21.5. The van der Waals surface area contributed by atoms with Crippen LogP contribution in [0.1, 0.15) is 16.8 Å². The van der Waals surface area contributed by atoms with Gasteiger partial charge in [-0.15, -0.1) is 10.2 Å². The van der Waals surface area contributed by atoms with Crippen LogP contribution in [0.3, 0.4) is 0 Å². The van der Waals surface area contributed by atoms with Gasteiger partial charge < -0.3 is 19.7 Å². The predicted molar refractivity (Wildman–Crippen MR) is 148 cm³/mol. The Morgan fingerprint density at radius 1 is 0.838 bits per heavy atom. The van der Waals surface area contributed by atoms with Gasteiger partial charge in [-0.2, -0.15) is 0 Å². The maximum Gasteiger partial charge on any atom is 0.218 e. The Hall–Kier alpha value is -3.40. The van der Waals surface area contributed by atoms with Crippen molar-refractivity contribution in [1.82, 2.24) is 25.0 Å². The van der Waals surface area contributed by atoms with Crippen molar-refractivity contribution in [2.24, 2.45) is 0 Å². The Labute approximate surface area is 222 Å². The van der Waals surface area contributed by atoms with E-state index in [0.29, 0.717) is 0 Å². The number of ether oxygens (including phenoxy) is 2. The number of nitrogens with one attached hydrogen (secondary N) is 1. The largest absolute Gasteiger partial charge is 0.493 e. The highest BCUT2D eigenvalue weighted by Gasteiger charge is 2.21. The number of aromatic nitrogens is 3. The van der Waals surface area contributed by atoms with E-state index < -0.39 is 0 Å². The van der Waals surface area contributed by atoms with Gasteiger partial charge in [0, 0.05) is 51.2 Å². The second kappa shape index (κ2) is 12.2. The molecule has 0 unspecified atom stereocenters. The molecular weight excluding hydrogens is 484 g/mol. The van der Waals surface area contributed by atoms with Crippen molar-refractivity contribution < 1.29 is 9.47 Å². The van der Waals surface area contributed by atoms with Crippen LogP contribution in [0.2, 0.25) is 0 Å². The maximum absolute atomic E-state index is 5.42. The van der Waals surface area contributed by atoms with Gasteiger partial charge in [0.1, 0.15) is 0 Å². The third-order valence-electron chi connectivity index (χ3n) is 6.68. The van der Waals surface area contributed by atoms with Crippen molar-refractivity contribution in [2.45, 2.75) is 19.5 Å². The minimum atomic E-state index is 0.752. The van der Waals surface area contributed by atoms with E-state index in [0.717, 1.165) is 74.0 Å². The molecule has 1 aliphatic rings. The van der Waals surface area contributed by atoms with Crippen LogP contribution in [0.15, 0.2) is 66.9 Å². The van der Waals surface area contributed by atoms with Crippen molar-refractivity contribution in [2.75, 3.05) is 51.8 Å². The minimum absolute atomic E-state index is 0.752. The average Bonchev–Trinajstić information content (AvgIpc) is 3.62. The first-order chi connectivity index (χ1) is 18.2. The van der Waals surface area contributed by atoms with Crippen LogP contribution >= 0.6 is 11.3 Å². The zero-order valence-corrected chi connectivity index (χ0v) is 22.3. The lowest BCUT2D eigenvalue weighted by Crippen LogP contribution is -2.45. The van der Waals surface area contributed by atoms with Gasteiger partial charge in [-0.3, -0.25) is 9.47 Å². The Kier molecular flexibility index (Phi) is 8.35. The monoisotopic (exact) mass is 518 g/mol. The highest BCUT2D eigenvalue weighted by atomic mass is 32.1. The first-order valence-corrected chi connectivity index (χ1v) is 13.5. The van der Waals surface area contributed by atoms with E-state index in [4.69, 9.17) is 9.47 Å². The highest BCUT2D eigenvalue weighted by Crippen LogP contribution is 2.28. The molecule has 0 aliphatic carbocycles. The van der Waals surface area contributed by atoms with Gasteiger partial charge in [-0.1, -0.05) is 47.7 Å². The molecule has 0 radical (unpaired) electrons. The lowest BCUT2D eigenvalue weighted by atomic mass is 10.1. The molecule has 0 spiro atoms. The predicted octanol–water partition coefficient (Wildman–Crippen LogP) is 4.00. The normalized spacial score (nSPS) is 14.2. The SMILES string of the molecule is COc1ccc(CCNCc2cccn2-c2nnc(N3CCN(Cc4ccccc4)CC3)s2)cc1OC. The van der Waals surface area contributed by atoms with E-state index in [-0.39, 0.29) is 0 Å². The summed E-state index contributed by atoms with van der Waals surface area (Å²) in [7, 11) is 3.32. The van der Waals surface area contributed by atoms with E-state index in [1.807, 2.05) is 12.1 Å². The number of benzene rings is 2. The molecule has 2 aromatic carbocycles. The third-order valence-corrected chi connectivity index (χ3v) is 7.66. The number of rotatable bonds is 11. The van der Waals surface area contributed by atoms with E-state index >= 15 is 0 Å². The molecule has 1 N–H and O–H groups in total. The second-order valence-corrected chi connectivity index (χ2v) is 10.0. The van der Waals surface area contributed by atoms with Gasteiger partial charge in [0.05, 0.1) is 14.2 Å². The number of piperazine rings is 1. The molecule has 2 aromatic heterocycles. The van der Waals surface area contributed by atoms with Gasteiger partial charge in [0.25, 0.3) is 0 Å². The fraction of sp³-hybridized carbons (Fsp3) is 0.357. The van der Waals surface area contributed by atoms with Crippen molar-refractivity contribution >= 4 is 16.5 Å². The van der Waals surface area contributed by atoms with Gasteiger partial charge in [0.15, 0.2) is 11.5 Å². The first kappa shape index (κ1) is 25.3. The Morgan fingerprint density at radius 3 is 2.41 bits per heavy atom. The molecular formula is C28H34N6O2S. The van der Waals surface area contributed by atoms with Crippen molar-refractivity contribution in [1.29, 1.82) is 0 Å². The summed E-state index contributed by atoms with van der Waals surface area (Å²) in [4.78, 5) is 4.86. The van der Waals surface area contributed by atoms with Crippen LogP contribution in [0.4, 0.5) is 5.13 Å². The molecule has 194 valence electrons. The van der Waals surface area contributed by atoms with Gasteiger partial charge in [-0.25, -0.2) is 0 Å². The summed E-state index contributed by atoms with van der Waals surface area (Å²) in [6.07, 6.45) is 2.97.